The van der Waals surface area contributed by atoms with Crippen molar-refractivity contribution in [2.24, 2.45) is 5.92 Å². The van der Waals surface area contributed by atoms with Crippen LogP contribution in [0.2, 0.25) is 5.02 Å². The van der Waals surface area contributed by atoms with E-state index in [4.69, 9.17) is 11.6 Å². The summed E-state index contributed by atoms with van der Waals surface area (Å²) >= 11 is 6.17. The Morgan fingerprint density at radius 1 is 1.39 bits per heavy atom. The second-order valence-corrected chi connectivity index (χ2v) is 5.00. The molecule has 0 saturated heterocycles. The molecule has 0 aliphatic rings. The molecule has 18 heavy (non-hydrogen) atoms. The van der Waals surface area contributed by atoms with Gasteiger partial charge in [-0.15, -0.1) is 0 Å². The van der Waals surface area contributed by atoms with E-state index in [0.29, 0.717) is 11.6 Å². The van der Waals surface area contributed by atoms with Crippen LogP contribution in [0.5, 0.6) is 0 Å². The van der Waals surface area contributed by atoms with Crippen molar-refractivity contribution >= 4 is 23.2 Å². The summed E-state index contributed by atoms with van der Waals surface area (Å²) in [6.45, 7) is 6.61. The second kappa shape index (κ2) is 6.76. The topological polar surface area (TPSA) is 41.1 Å². The summed E-state index contributed by atoms with van der Waals surface area (Å²) in [4.78, 5) is 12.1. The molecular weight excluding hydrogens is 248 g/mol. The summed E-state index contributed by atoms with van der Waals surface area (Å²) < 4.78 is 0. The summed E-state index contributed by atoms with van der Waals surface area (Å²) in [5, 5.41) is 6.56. The SMILES string of the molecule is CCC(CNC)C(=O)Nc1c(C)cc(C)cc1Cl. The van der Waals surface area contributed by atoms with Crippen molar-refractivity contribution in [3.63, 3.8) is 0 Å². The number of benzene rings is 1. The Bertz CT molecular complexity index is 409. The largest absolute Gasteiger partial charge is 0.324 e. The van der Waals surface area contributed by atoms with E-state index in [2.05, 4.69) is 10.6 Å². The van der Waals surface area contributed by atoms with Crippen LogP contribution in [0.15, 0.2) is 12.1 Å². The van der Waals surface area contributed by atoms with Crippen LogP contribution in [-0.4, -0.2) is 19.5 Å². The van der Waals surface area contributed by atoms with E-state index in [-0.39, 0.29) is 11.8 Å². The van der Waals surface area contributed by atoms with Gasteiger partial charge in [-0.25, -0.2) is 0 Å². The number of aryl methyl sites for hydroxylation is 2. The minimum Gasteiger partial charge on any atom is -0.324 e. The van der Waals surface area contributed by atoms with Gasteiger partial charge >= 0.3 is 0 Å². The Morgan fingerprint density at radius 3 is 2.56 bits per heavy atom. The van der Waals surface area contributed by atoms with Crippen LogP contribution in [0, 0.1) is 19.8 Å². The van der Waals surface area contributed by atoms with Gasteiger partial charge in [-0.2, -0.15) is 0 Å². The van der Waals surface area contributed by atoms with Gasteiger partial charge < -0.3 is 10.6 Å². The highest BCUT2D eigenvalue weighted by Gasteiger charge is 2.17. The zero-order valence-electron chi connectivity index (χ0n) is 11.4. The Morgan fingerprint density at radius 2 is 2.06 bits per heavy atom. The molecule has 1 aromatic carbocycles. The fourth-order valence-corrected chi connectivity index (χ4v) is 2.34. The molecule has 0 spiro atoms. The molecule has 1 aromatic rings. The molecule has 0 saturated carbocycles. The van der Waals surface area contributed by atoms with Gasteiger partial charge in [0.05, 0.1) is 16.6 Å². The molecule has 0 aliphatic heterocycles. The summed E-state index contributed by atoms with van der Waals surface area (Å²) in [5.41, 5.74) is 2.81. The molecule has 0 aromatic heterocycles. The Labute approximate surface area is 114 Å². The van der Waals surface area contributed by atoms with Gasteiger partial charge in [0.2, 0.25) is 5.91 Å². The van der Waals surface area contributed by atoms with E-state index >= 15 is 0 Å². The van der Waals surface area contributed by atoms with Gasteiger partial charge in [-0.05, 0) is 44.5 Å². The van der Waals surface area contributed by atoms with E-state index in [0.717, 1.165) is 23.2 Å². The smallest absolute Gasteiger partial charge is 0.228 e. The molecule has 1 amide bonds. The summed E-state index contributed by atoms with van der Waals surface area (Å²) in [6, 6.07) is 3.88. The molecule has 1 atom stereocenters. The molecule has 100 valence electrons. The highest BCUT2D eigenvalue weighted by atomic mass is 35.5. The van der Waals surface area contributed by atoms with E-state index in [9.17, 15) is 4.79 Å². The lowest BCUT2D eigenvalue weighted by Crippen LogP contribution is -2.30. The zero-order valence-corrected chi connectivity index (χ0v) is 12.2. The molecule has 1 rings (SSSR count). The van der Waals surface area contributed by atoms with E-state index in [1.54, 1.807) is 0 Å². The molecular formula is C14H21ClN2O. The third kappa shape index (κ3) is 3.72. The number of carbonyl (C=O) groups excluding carboxylic acids is 1. The van der Waals surface area contributed by atoms with Crippen LogP contribution in [-0.2, 0) is 4.79 Å². The minimum absolute atomic E-state index is 0.0145. The lowest BCUT2D eigenvalue weighted by Gasteiger charge is -2.17. The zero-order chi connectivity index (χ0) is 13.7. The molecule has 0 bridgehead atoms. The van der Waals surface area contributed by atoms with E-state index in [1.165, 1.54) is 0 Å². The third-order valence-corrected chi connectivity index (χ3v) is 3.29. The van der Waals surface area contributed by atoms with Crippen molar-refractivity contribution in [2.45, 2.75) is 27.2 Å². The average Bonchev–Trinajstić information content (AvgIpc) is 2.30. The van der Waals surface area contributed by atoms with Crippen molar-refractivity contribution in [1.29, 1.82) is 0 Å². The van der Waals surface area contributed by atoms with Gasteiger partial charge in [0, 0.05) is 6.54 Å². The maximum atomic E-state index is 12.1. The second-order valence-electron chi connectivity index (χ2n) is 4.59. The molecule has 1 unspecified atom stereocenters. The number of nitrogens with one attached hydrogen (secondary N) is 2. The lowest BCUT2D eigenvalue weighted by molar-refractivity contribution is -0.119. The Balaban J connectivity index is 2.87. The number of carbonyl (C=O) groups is 1. The predicted molar refractivity (Wildman–Crippen MR) is 77.3 cm³/mol. The number of hydrogen-bond acceptors (Lipinski definition) is 2. The Kier molecular flexibility index (Phi) is 5.63. The first-order valence-corrected chi connectivity index (χ1v) is 6.59. The molecule has 0 fully saturated rings. The maximum Gasteiger partial charge on any atom is 0.228 e. The molecule has 0 heterocycles. The summed E-state index contributed by atoms with van der Waals surface area (Å²) in [5.74, 6) is -0.0209. The molecule has 0 aliphatic carbocycles. The molecule has 4 heteroatoms. The quantitative estimate of drug-likeness (QED) is 0.861. The van der Waals surface area contributed by atoms with Crippen LogP contribution < -0.4 is 10.6 Å². The minimum atomic E-state index is -0.0354. The fraction of sp³-hybridized carbons (Fsp3) is 0.500. The number of halogens is 1. The van der Waals surface area contributed by atoms with Crippen molar-refractivity contribution in [2.75, 3.05) is 18.9 Å². The average molecular weight is 269 g/mol. The lowest BCUT2D eigenvalue weighted by atomic mass is 10.0. The first-order valence-electron chi connectivity index (χ1n) is 6.21. The summed E-state index contributed by atoms with van der Waals surface area (Å²) in [7, 11) is 1.85. The van der Waals surface area contributed by atoms with Crippen molar-refractivity contribution in [1.82, 2.24) is 5.32 Å². The van der Waals surface area contributed by atoms with Crippen molar-refractivity contribution in [3.05, 3.63) is 28.3 Å². The normalized spacial score (nSPS) is 12.3. The number of hydrogen-bond donors (Lipinski definition) is 2. The maximum absolute atomic E-state index is 12.1. The monoisotopic (exact) mass is 268 g/mol. The van der Waals surface area contributed by atoms with Crippen LogP contribution in [0.25, 0.3) is 0 Å². The van der Waals surface area contributed by atoms with Gasteiger partial charge in [0.25, 0.3) is 0 Å². The third-order valence-electron chi connectivity index (χ3n) is 2.99. The van der Waals surface area contributed by atoms with Crippen molar-refractivity contribution < 1.29 is 4.79 Å². The Hall–Kier alpha value is -1.06. The molecule has 3 nitrogen and oxygen atoms in total. The molecule has 0 radical (unpaired) electrons. The van der Waals surface area contributed by atoms with Gasteiger partial charge in [-0.1, -0.05) is 24.6 Å². The fourth-order valence-electron chi connectivity index (χ4n) is 1.97. The highest BCUT2D eigenvalue weighted by molar-refractivity contribution is 6.34. The van der Waals surface area contributed by atoms with E-state index < -0.39 is 0 Å². The predicted octanol–water partition coefficient (Wildman–Crippen LogP) is 3.14. The number of anilines is 1. The highest BCUT2D eigenvalue weighted by Crippen LogP contribution is 2.27. The summed E-state index contributed by atoms with van der Waals surface area (Å²) in [6.07, 6.45) is 0.801. The van der Waals surface area contributed by atoms with Gasteiger partial charge in [-0.3, -0.25) is 4.79 Å². The van der Waals surface area contributed by atoms with E-state index in [1.807, 2.05) is 40.0 Å². The molecule has 2 N–H and O–H groups in total. The standard InChI is InChI=1S/C14H21ClN2O/c1-5-11(8-16-4)14(18)17-13-10(3)6-9(2)7-12(13)15/h6-7,11,16H,5,8H2,1-4H3,(H,17,18). The van der Waals surface area contributed by atoms with Gasteiger partial charge in [0.1, 0.15) is 0 Å². The van der Waals surface area contributed by atoms with Crippen LogP contribution >= 0.6 is 11.6 Å². The number of amides is 1. The first-order chi connectivity index (χ1) is 8.49. The van der Waals surface area contributed by atoms with Gasteiger partial charge in [0.15, 0.2) is 0 Å². The van der Waals surface area contributed by atoms with Crippen LogP contribution in [0.3, 0.4) is 0 Å². The van der Waals surface area contributed by atoms with Crippen molar-refractivity contribution in [3.8, 4) is 0 Å². The van der Waals surface area contributed by atoms with Crippen LogP contribution in [0.1, 0.15) is 24.5 Å². The first kappa shape index (κ1) is 15.0. The number of rotatable bonds is 5. The van der Waals surface area contributed by atoms with Crippen LogP contribution in [0.4, 0.5) is 5.69 Å².